The molecule has 0 aliphatic carbocycles. The Morgan fingerprint density at radius 3 is 2.20 bits per heavy atom. The van der Waals surface area contributed by atoms with Gasteiger partial charge in [-0.25, -0.2) is 9.59 Å². The number of nitrogens with zero attached hydrogens (tertiary/aromatic N) is 1. The Morgan fingerprint density at radius 2 is 1.68 bits per heavy atom. The van der Waals surface area contributed by atoms with Crippen LogP contribution in [0.1, 0.15) is 33.2 Å². The van der Waals surface area contributed by atoms with E-state index in [1.54, 1.807) is 12.1 Å². The monoisotopic (exact) mass is 381 g/mol. The summed E-state index contributed by atoms with van der Waals surface area (Å²) < 4.78 is 0. The molecule has 0 radical (unpaired) electrons. The smallest absolute Gasteiger partial charge is 0.337 e. The lowest BCUT2D eigenvalue weighted by atomic mass is 10.1. The number of hydrogen-bond acceptors (Lipinski definition) is 3. The summed E-state index contributed by atoms with van der Waals surface area (Å²) in [5, 5.41) is 19.2. The summed E-state index contributed by atoms with van der Waals surface area (Å²) in [6.45, 7) is 1.22. The minimum Gasteiger partial charge on any atom is -0.478 e. The summed E-state index contributed by atoms with van der Waals surface area (Å²) in [5.41, 5.74) is 0.197. The Morgan fingerprint density at radius 1 is 1.00 bits per heavy atom. The molecule has 0 saturated heterocycles. The molecular formula is C17H13Cl2NO5. The molecule has 2 N–H and O–H groups in total. The van der Waals surface area contributed by atoms with Crippen LogP contribution in [-0.2, 0) is 11.3 Å². The number of halogens is 2. The van der Waals surface area contributed by atoms with Crippen LogP contribution in [0.2, 0.25) is 10.0 Å². The fourth-order valence-corrected chi connectivity index (χ4v) is 2.72. The van der Waals surface area contributed by atoms with Crippen molar-refractivity contribution in [3.05, 3.63) is 63.1 Å². The second kappa shape index (κ2) is 7.55. The van der Waals surface area contributed by atoms with Crippen LogP contribution in [0.3, 0.4) is 0 Å². The van der Waals surface area contributed by atoms with Crippen molar-refractivity contribution in [1.29, 1.82) is 0 Å². The Hall–Kier alpha value is -2.57. The number of amides is 1. The van der Waals surface area contributed by atoms with Gasteiger partial charge in [-0.15, -0.1) is 0 Å². The second-order valence-corrected chi connectivity index (χ2v) is 6.03. The van der Waals surface area contributed by atoms with Gasteiger partial charge in [-0.3, -0.25) is 4.79 Å². The topological polar surface area (TPSA) is 94.9 Å². The molecule has 0 unspecified atom stereocenters. The zero-order valence-corrected chi connectivity index (χ0v) is 14.5. The minimum atomic E-state index is -1.28. The molecule has 0 aromatic heterocycles. The maximum absolute atomic E-state index is 12.1. The van der Waals surface area contributed by atoms with Crippen LogP contribution in [0.5, 0.6) is 0 Å². The summed E-state index contributed by atoms with van der Waals surface area (Å²) >= 11 is 12.0. The van der Waals surface area contributed by atoms with Gasteiger partial charge in [-0.1, -0.05) is 29.3 Å². The average molecular weight is 382 g/mol. The Labute approximate surface area is 153 Å². The fourth-order valence-electron chi connectivity index (χ4n) is 2.26. The van der Waals surface area contributed by atoms with E-state index < -0.39 is 17.8 Å². The van der Waals surface area contributed by atoms with Gasteiger partial charge in [0.25, 0.3) is 0 Å². The van der Waals surface area contributed by atoms with Gasteiger partial charge in [-0.2, -0.15) is 0 Å². The molecule has 0 atom stereocenters. The molecule has 0 heterocycles. The number of aromatic carboxylic acids is 2. The number of carbonyl (C=O) groups is 3. The molecule has 0 fully saturated rings. The summed E-state index contributed by atoms with van der Waals surface area (Å²) in [5.74, 6) is -2.97. The summed E-state index contributed by atoms with van der Waals surface area (Å²) in [6, 6.07) is 8.18. The Kier molecular flexibility index (Phi) is 5.66. The van der Waals surface area contributed by atoms with Crippen LogP contribution in [0, 0.1) is 0 Å². The molecule has 25 heavy (non-hydrogen) atoms. The third kappa shape index (κ3) is 4.29. The van der Waals surface area contributed by atoms with E-state index in [2.05, 4.69) is 0 Å². The van der Waals surface area contributed by atoms with E-state index in [0.717, 1.165) is 17.0 Å². The van der Waals surface area contributed by atoms with Gasteiger partial charge < -0.3 is 15.1 Å². The van der Waals surface area contributed by atoms with Gasteiger partial charge in [0.05, 0.1) is 23.4 Å². The van der Waals surface area contributed by atoms with Gasteiger partial charge in [0.15, 0.2) is 0 Å². The maximum atomic E-state index is 12.1. The highest BCUT2D eigenvalue weighted by molar-refractivity contribution is 6.35. The molecular weight excluding hydrogens is 369 g/mol. The van der Waals surface area contributed by atoms with E-state index in [-0.39, 0.29) is 23.4 Å². The van der Waals surface area contributed by atoms with Crippen molar-refractivity contribution in [2.24, 2.45) is 0 Å². The van der Waals surface area contributed by atoms with Gasteiger partial charge in [0.1, 0.15) is 0 Å². The first-order chi connectivity index (χ1) is 11.7. The minimum absolute atomic E-state index is 0.0223. The molecule has 2 aromatic rings. The normalized spacial score (nSPS) is 10.4. The van der Waals surface area contributed by atoms with Crippen molar-refractivity contribution in [2.45, 2.75) is 13.5 Å². The maximum Gasteiger partial charge on any atom is 0.337 e. The zero-order valence-electron chi connectivity index (χ0n) is 13.0. The first-order valence-corrected chi connectivity index (χ1v) is 7.79. The first kappa shape index (κ1) is 18.8. The van der Waals surface area contributed by atoms with Crippen LogP contribution >= 0.6 is 23.2 Å². The van der Waals surface area contributed by atoms with Crippen molar-refractivity contribution in [3.8, 4) is 0 Å². The first-order valence-electron chi connectivity index (χ1n) is 7.03. The number of carboxylic acid groups (broad SMARTS) is 2. The summed E-state index contributed by atoms with van der Waals surface area (Å²) in [7, 11) is 0. The molecule has 0 aliphatic rings. The highest BCUT2D eigenvalue weighted by atomic mass is 35.5. The largest absolute Gasteiger partial charge is 0.478 e. The molecule has 0 bridgehead atoms. The molecule has 2 aromatic carbocycles. The van der Waals surface area contributed by atoms with E-state index in [9.17, 15) is 19.5 Å². The van der Waals surface area contributed by atoms with Crippen molar-refractivity contribution >= 4 is 46.7 Å². The van der Waals surface area contributed by atoms with Crippen LogP contribution in [0.25, 0.3) is 0 Å². The predicted molar refractivity (Wildman–Crippen MR) is 93.7 cm³/mol. The zero-order chi connectivity index (χ0) is 18.7. The van der Waals surface area contributed by atoms with Gasteiger partial charge >= 0.3 is 11.9 Å². The SMILES string of the molecule is CC(=O)N(Cc1ccc(Cl)cc1Cl)c1cc(C(=O)O)ccc1C(=O)O. The third-order valence-corrected chi connectivity index (χ3v) is 4.08. The lowest BCUT2D eigenvalue weighted by Crippen LogP contribution is -2.30. The lowest BCUT2D eigenvalue weighted by Gasteiger charge is -2.24. The molecule has 0 saturated carbocycles. The second-order valence-electron chi connectivity index (χ2n) is 5.18. The molecule has 0 spiro atoms. The van der Waals surface area contributed by atoms with Gasteiger partial charge in [-0.05, 0) is 35.9 Å². The number of anilines is 1. The number of hydrogen-bond donors (Lipinski definition) is 2. The van der Waals surface area contributed by atoms with Crippen molar-refractivity contribution in [3.63, 3.8) is 0 Å². The molecule has 130 valence electrons. The van der Waals surface area contributed by atoms with Crippen molar-refractivity contribution in [2.75, 3.05) is 4.90 Å². The van der Waals surface area contributed by atoms with E-state index in [0.29, 0.717) is 15.6 Å². The van der Waals surface area contributed by atoms with E-state index >= 15 is 0 Å². The number of benzene rings is 2. The average Bonchev–Trinajstić information content (AvgIpc) is 2.53. The summed E-state index contributed by atoms with van der Waals surface area (Å²) in [4.78, 5) is 35.9. The summed E-state index contributed by atoms with van der Waals surface area (Å²) in [6.07, 6.45) is 0. The molecule has 1 amide bonds. The molecule has 6 nitrogen and oxygen atoms in total. The number of rotatable bonds is 5. The Bertz CT molecular complexity index is 866. The van der Waals surface area contributed by atoms with Gasteiger partial charge in [0, 0.05) is 17.0 Å². The fraction of sp³-hybridized carbons (Fsp3) is 0.118. The standard InChI is InChI=1S/C17H13Cl2NO5/c1-9(21)20(8-11-2-4-12(18)7-14(11)19)15-6-10(16(22)23)3-5-13(15)17(24)25/h2-7H,8H2,1H3,(H,22,23)(H,24,25). The third-order valence-electron chi connectivity index (χ3n) is 3.49. The van der Waals surface area contributed by atoms with Crippen LogP contribution in [0.4, 0.5) is 5.69 Å². The number of carboxylic acids is 2. The van der Waals surface area contributed by atoms with Crippen LogP contribution in [0.15, 0.2) is 36.4 Å². The van der Waals surface area contributed by atoms with E-state index in [1.807, 2.05) is 0 Å². The van der Waals surface area contributed by atoms with Crippen molar-refractivity contribution in [1.82, 2.24) is 0 Å². The quantitative estimate of drug-likeness (QED) is 0.817. The predicted octanol–water partition coefficient (Wildman–Crippen LogP) is 3.94. The Balaban J connectivity index is 2.56. The molecule has 2 rings (SSSR count). The van der Waals surface area contributed by atoms with Crippen LogP contribution < -0.4 is 4.90 Å². The highest BCUT2D eigenvalue weighted by Crippen LogP contribution is 2.28. The highest BCUT2D eigenvalue weighted by Gasteiger charge is 2.22. The van der Waals surface area contributed by atoms with Gasteiger partial charge in [0.2, 0.25) is 5.91 Å². The van der Waals surface area contributed by atoms with Crippen molar-refractivity contribution < 1.29 is 24.6 Å². The van der Waals surface area contributed by atoms with Crippen LogP contribution in [-0.4, -0.2) is 28.1 Å². The van der Waals surface area contributed by atoms with E-state index in [4.69, 9.17) is 28.3 Å². The lowest BCUT2D eigenvalue weighted by molar-refractivity contribution is -0.116. The van der Waals surface area contributed by atoms with E-state index in [1.165, 1.54) is 19.1 Å². The number of carbonyl (C=O) groups excluding carboxylic acids is 1. The molecule has 8 heteroatoms. The molecule has 0 aliphatic heterocycles.